The lowest BCUT2D eigenvalue weighted by molar-refractivity contribution is 0.195. The normalized spacial score (nSPS) is 17.4. The Kier molecular flexibility index (Phi) is 5.44. The minimum atomic E-state index is -0.288. The summed E-state index contributed by atoms with van der Waals surface area (Å²) in [5, 5.41) is 10.8. The number of methoxy groups -OCH3 is 1. The number of hydrogen-bond donors (Lipinski definition) is 1. The molecule has 0 bridgehead atoms. The molecule has 1 aliphatic heterocycles. The van der Waals surface area contributed by atoms with Crippen molar-refractivity contribution in [2.75, 3.05) is 20.2 Å². The van der Waals surface area contributed by atoms with Gasteiger partial charge in [0.05, 0.1) is 18.5 Å². The molecule has 1 aliphatic rings. The average molecular weight is 398 g/mol. The third-order valence-corrected chi connectivity index (χ3v) is 5.27. The number of nitrogens with zero attached hydrogens (tertiary/aromatic N) is 3. The quantitative estimate of drug-likeness (QED) is 0.710. The molecule has 29 heavy (non-hydrogen) atoms. The Morgan fingerprint density at radius 2 is 2.21 bits per heavy atom. The predicted octanol–water partition coefficient (Wildman–Crippen LogP) is 3.26. The van der Waals surface area contributed by atoms with Crippen molar-refractivity contribution >= 4 is 0 Å². The van der Waals surface area contributed by atoms with Crippen LogP contribution in [0.2, 0.25) is 0 Å². The molecule has 1 fully saturated rings. The van der Waals surface area contributed by atoms with Crippen LogP contribution in [0.1, 0.15) is 35.7 Å². The lowest BCUT2D eigenvalue weighted by Gasteiger charge is -2.33. The minimum Gasteiger partial charge on any atom is -0.497 e. The second-order valence-electron chi connectivity index (χ2n) is 7.40. The zero-order valence-corrected chi connectivity index (χ0v) is 16.4. The Morgan fingerprint density at radius 3 is 2.97 bits per heavy atom. The molecule has 1 atom stereocenters. The van der Waals surface area contributed by atoms with E-state index in [1.165, 1.54) is 12.1 Å². The van der Waals surface area contributed by atoms with Crippen molar-refractivity contribution in [3.8, 4) is 17.1 Å². The maximum Gasteiger partial charge on any atom is 0.264 e. The standard InChI is InChI=1S/C21H23FN4O3/c1-13-8-19(29-25-13)17-10-20(27)23-24-21(17)14-4-3-7-26(11-14)12-15-9-16(28-2)5-6-18(15)22/h5-6,8-10,14H,3-4,7,11-12H2,1-2H3,(H,23,27)/t14-/m1/s1. The summed E-state index contributed by atoms with van der Waals surface area (Å²) in [6, 6.07) is 8.09. The van der Waals surface area contributed by atoms with Crippen molar-refractivity contribution in [3.05, 3.63) is 63.5 Å². The molecule has 8 heteroatoms. The van der Waals surface area contributed by atoms with Crippen LogP contribution in [0.3, 0.4) is 0 Å². The van der Waals surface area contributed by atoms with E-state index in [-0.39, 0.29) is 17.3 Å². The minimum absolute atomic E-state index is 0.0923. The molecule has 0 unspecified atom stereocenters. The molecular weight excluding hydrogens is 375 g/mol. The molecular formula is C21H23FN4O3. The van der Waals surface area contributed by atoms with Crippen molar-refractivity contribution in [2.45, 2.75) is 32.2 Å². The van der Waals surface area contributed by atoms with E-state index in [2.05, 4.69) is 20.3 Å². The third-order valence-electron chi connectivity index (χ3n) is 5.27. The number of likely N-dealkylation sites (tertiary alicyclic amines) is 1. The number of H-pyrrole nitrogens is 1. The number of aromatic nitrogens is 3. The van der Waals surface area contributed by atoms with E-state index in [4.69, 9.17) is 9.26 Å². The lowest BCUT2D eigenvalue weighted by Crippen LogP contribution is -2.35. The summed E-state index contributed by atoms with van der Waals surface area (Å²) in [7, 11) is 1.57. The summed E-state index contributed by atoms with van der Waals surface area (Å²) in [6.45, 7) is 3.89. The van der Waals surface area contributed by atoms with Crippen LogP contribution in [-0.4, -0.2) is 40.5 Å². The number of ether oxygens (including phenoxy) is 1. The highest BCUT2D eigenvalue weighted by atomic mass is 19.1. The van der Waals surface area contributed by atoms with E-state index < -0.39 is 0 Å². The number of halogens is 1. The number of piperidine rings is 1. The molecule has 0 radical (unpaired) electrons. The van der Waals surface area contributed by atoms with Gasteiger partial charge in [-0.1, -0.05) is 5.16 Å². The summed E-state index contributed by atoms with van der Waals surface area (Å²) in [5.41, 5.74) is 2.49. The maximum absolute atomic E-state index is 14.3. The second-order valence-corrected chi connectivity index (χ2v) is 7.40. The highest BCUT2D eigenvalue weighted by molar-refractivity contribution is 5.60. The molecule has 0 aliphatic carbocycles. The first-order chi connectivity index (χ1) is 14.0. The monoisotopic (exact) mass is 398 g/mol. The molecule has 0 amide bonds. The van der Waals surface area contributed by atoms with Crippen LogP contribution in [-0.2, 0) is 6.54 Å². The van der Waals surface area contributed by atoms with Crippen LogP contribution in [0.15, 0.2) is 39.6 Å². The summed E-state index contributed by atoms with van der Waals surface area (Å²) in [6.07, 6.45) is 1.88. The number of nitrogens with one attached hydrogen (secondary N) is 1. The van der Waals surface area contributed by atoms with Crippen molar-refractivity contribution < 1.29 is 13.7 Å². The van der Waals surface area contributed by atoms with Crippen molar-refractivity contribution in [1.29, 1.82) is 0 Å². The Hall–Kier alpha value is -3.00. The van der Waals surface area contributed by atoms with Crippen molar-refractivity contribution in [2.24, 2.45) is 0 Å². The zero-order chi connectivity index (χ0) is 20.4. The fraction of sp³-hybridized carbons (Fsp3) is 0.381. The fourth-order valence-electron chi connectivity index (χ4n) is 3.87. The smallest absolute Gasteiger partial charge is 0.264 e. The van der Waals surface area contributed by atoms with E-state index >= 15 is 0 Å². The summed E-state index contributed by atoms with van der Waals surface area (Å²) >= 11 is 0. The maximum atomic E-state index is 14.3. The van der Waals surface area contributed by atoms with Gasteiger partial charge in [0.1, 0.15) is 11.6 Å². The number of aromatic amines is 1. The Bertz CT molecular complexity index is 1060. The second kappa shape index (κ2) is 8.16. The molecule has 2 aromatic heterocycles. The van der Waals surface area contributed by atoms with Crippen LogP contribution >= 0.6 is 0 Å². The molecule has 4 rings (SSSR count). The molecule has 0 spiro atoms. The van der Waals surface area contributed by atoms with E-state index in [0.29, 0.717) is 35.7 Å². The molecule has 1 aromatic carbocycles. The summed E-state index contributed by atoms with van der Waals surface area (Å²) < 4.78 is 24.9. The van der Waals surface area contributed by atoms with Crippen LogP contribution < -0.4 is 10.3 Å². The molecule has 3 heterocycles. The Labute approximate surface area is 167 Å². The van der Waals surface area contributed by atoms with Gasteiger partial charge in [0.2, 0.25) is 0 Å². The predicted molar refractivity (Wildman–Crippen MR) is 105 cm³/mol. The van der Waals surface area contributed by atoms with Crippen LogP contribution in [0.25, 0.3) is 11.3 Å². The first kappa shape index (κ1) is 19.3. The van der Waals surface area contributed by atoms with E-state index in [9.17, 15) is 9.18 Å². The zero-order valence-electron chi connectivity index (χ0n) is 16.4. The number of hydrogen-bond acceptors (Lipinski definition) is 6. The molecule has 152 valence electrons. The topological polar surface area (TPSA) is 84.2 Å². The summed E-state index contributed by atoms with van der Waals surface area (Å²) in [5.74, 6) is 1.02. The molecule has 7 nitrogen and oxygen atoms in total. The number of aryl methyl sites for hydroxylation is 1. The average Bonchev–Trinajstić information content (AvgIpc) is 3.16. The fourth-order valence-corrected chi connectivity index (χ4v) is 3.87. The van der Waals surface area contributed by atoms with Crippen LogP contribution in [0.4, 0.5) is 4.39 Å². The van der Waals surface area contributed by atoms with Gasteiger partial charge in [-0.2, -0.15) is 5.10 Å². The SMILES string of the molecule is COc1ccc(F)c(CN2CCC[C@@H](c3n[nH]c(=O)cc3-c3cc(C)no3)C2)c1. The Morgan fingerprint density at radius 1 is 1.34 bits per heavy atom. The van der Waals surface area contributed by atoms with E-state index in [0.717, 1.165) is 30.8 Å². The Balaban J connectivity index is 1.59. The van der Waals surface area contributed by atoms with E-state index in [1.807, 2.05) is 6.92 Å². The molecule has 3 aromatic rings. The highest BCUT2D eigenvalue weighted by Gasteiger charge is 2.27. The van der Waals surface area contributed by atoms with Gasteiger partial charge in [0.25, 0.3) is 5.56 Å². The van der Waals surface area contributed by atoms with Gasteiger partial charge in [0.15, 0.2) is 5.76 Å². The van der Waals surface area contributed by atoms with E-state index in [1.54, 1.807) is 25.3 Å². The van der Waals surface area contributed by atoms with Crippen molar-refractivity contribution in [1.82, 2.24) is 20.3 Å². The van der Waals surface area contributed by atoms with Crippen LogP contribution in [0.5, 0.6) is 5.75 Å². The third kappa shape index (κ3) is 4.22. The van der Waals surface area contributed by atoms with Gasteiger partial charge in [-0.05, 0) is 44.5 Å². The lowest BCUT2D eigenvalue weighted by atomic mass is 9.91. The van der Waals surface area contributed by atoms with Gasteiger partial charge in [-0.3, -0.25) is 9.69 Å². The molecule has 1 saturated heterocycles. The van der Waals surface area contributed by atoms with Gasteiger partial charge in [0, 0.05) is 42.3 Å². The number of benzene rings is 1. The largest absolute Gasteiger partial charge is 0.497 e. The molecule has 0 saturated carbocycles. The first-order valence-corrected chi connectivity index (χ1v) is 9.61. The van der Waals surface area contributed by atoms with Gasteiger partial charge < -0.3 is 9.26 Å². The van der Waals surface area contributed by atoms with Crippen molar-refractivity contribution in [3.63, 3.8) is 0 Å². The number of rotatable bonds is 5. The highest BCUT2D eigenvalue weighted by Crippen LogP contribution is 2.33. The van der Waals surface area contributed by atoms with Gasteiger partial charge in [-0.25, -0.2) is 9.49 Å². The van der Waals surface area contributed by atoms with Gasteiger partial charge in [-0.15, -0.1) is 0 Å². The van der Waals surface area contributed by atoms with Crippen LogP contribution in [0, 0.1) is 12.7 Å². The van der Waals surface area contributed by atoms with Gasteiger partial charge >= 0.3 is 0 Å². The summed E-state index contributed by atoms with van der Waals surface area (Å²) in [4.78, 5) is 14.1. The first-order valence-electron chi connectivity index (χ1n) is 9.61. The molecule has 1 N–H and O–H groups in total.